The fourth-order valence-electron chi connectivity index (χ4n) is 0.851. The maximum Gasteiger partial charge on any atom is 0.136 e. The van der Waals surface area contributed by atoms with E-state index >= 15 is 0 Å². The number of β-amino-alcohol motifs (C(OH)–C–C–N with tert-alkyl or cyclic N) is 1. The molecule has 0 bridgehead atoms. The van der Waals surface area contributed by atoms with Crippen molar-refractivity contribution < 1.29 is 9.90 Å². The van der Waals surface area contributed by atoms with E-state index in [9.17, 15) is 4.79 Å². The van der Waals surface area contributed by atoms with Gasteiger partial charge in [0.15, 0.2) is 0 Å². The second kappa shape index (κ2) is 5.14. The highest BCUT2D eigenvalue weighted by Crippen LogP contribution is 2.02. The van der Waals surface area contributed by atoms with Crippen LogP contribution < -0.4 is 5.32 Å². The van der Waals surface area contributed by atoms with Crippen LogP contribution in [0.2, 0.25) is 0 Å². The van der Waals surface area contributed by atoms with E-state index < -0.39 is 0 Å². The summed E-state index contributed by atoms with van der Waals surface area (Å²) in [5.41, 5.74) is 0. The van der Waals surface area contributed by atoms with Crippen molar-refractivity contribution >= 4 is 6.29 Å². The molecule has 1 rings (SSSR count). The Kier molecular flexibility index (Phi) is 4.80. The number of aliphatic hydroxyl groups excluding tert-OH is 1. The fraction of sp³-hybridized carbons (Fsp3) is 0.571. The number of aliphatic hydroxyl groups is 1. The summed E-state index contributed by atoms with van der Waals surface area (Å²) in [6.45, 7) is 6.56. The van der Waals surface area contributed by atoms with Gasteiger partial charge < -0.3 is 15.2 Å². The van der Waals surface area contributed by atoms with E-state index in [0.29, 0.717) is 13.0 Å². The SMILES string of the molecule is C=C.O=C[C@H]1CC(O)CN1. The van der Waals surface area contributed by atoms with Crippen LogP contribution in [0, 0.1) is 0 Å². The zero-order valence-corrected chi connectivity index (χ0v) is 5.92. The van der Waals surface area contributed by atoms with Gasteiger partial charge in [-0.1, -0.05) is 0 Å². The van der Waals surface area contributed by atoms with Crippen molar-refractivity contribution in [3.8, 4) is 0 Å². The lowest BCUT2D eigenvalue weighted by atomic mass is 10.2. The summed E-state index contributed by atoms with van der Waals surface area (Å²) in [5.74, 6) is 0. The molecule has 0 radical (unpaired) electrons. The third-order valence-corrected chi connectivity index (χ3v) is 1.31. The fourth-order valence-corrected chi connectivity index (χ4v) is 0.851. The first kappa shape index (κ1) is 9.33. The predicted octanol–water partition coefficient (Wildman–Crippen LogP) is -0.290. The maximum absolute atomic E-state index is 9.98. The zero-order chi connectivity index (χ0) is 7.98. The van der Waals surface area contributed by atoms with Crippen LogP contribution in [0.1, 0.15) is 6.42 Å². The molecule has 2 N–H and O–H groups in total. The van der Waals surface area contributed by atoms with Crippen LogP contribution in [0.3, 0.4) is 0 Å². The monoisotopic (exact) mass is 143 g/mol. The van der Waals surface area contributed by atoms with Crippen molar-refractivity contribution in [3.63, 3.8) is 0 Å². The standard InChI is InChI=1S/C5H9NO2.C2H4/c7-3-4-1-5(8)2-6-4;1-2/h3-6,8H,1-2H2;1-2H2/t4-,5?;/m1./s1. The number of carbonyl (C=O) groups is 1. The molecule has 1 unspecified atom stereocenters. The third kappa shape index (κ3) is 2.75. The third-order valence-electron chi connectivity index (χ3n) is 1.31. The Labute approximate surface area is 60.7 Å². The largest absolute Gasteiger partial charge is 0.392 e. The molecule has 3 nitrogen and oxygen atoms in total. The molecule has 1 aliphatic rings. The van der Waals surface area contributed by atoms with Crippen molar-refractivity contribution in [3.05, 3.63) is 13.2 Å². The topological polar surface area (TPSA) is 49.3 Å². The first-order valence-corrected chi connectivity index (χ1v) is 3.19. The van der Waals surface area contributed by atoms with Crippen molar-refractivity contribution in [1.82, 2.24) is 5.32 Å². The van der Waals surface area contributed by atoms with Gasteiger partial charge in [0.1, 0.15) is 6.29 Å². The first-order chi connectivity index (χ1) is 4.83. The highest BCUT2D eigenvalue weighted by molar-refractivity contribution is 5.58. The van der Waals surface area contributed by atoms with E-state index in [0.717, 1.165) is 6.29 Å². The molecule has 1 aliphatic heterocycles. The second-order valence-corrected chi connectivity index (χ2v) is 2.04. The molecule has 1 heterocycles. The van der Waals surface area contributed by atoms with Gasteiger partial charge in [0.05, 0.1) is 12.1 Å². The summed E-state index contributed by atoms with van der Waals surface area (Å²) in [5, 5.41) is 11.6. The lowest BCUT2D eigenvalue weighted by Gasteiger charge is -1.94. The molecular weight excluding hydrogens is 130 g/mol. The van der Waals surface area contributed by atoms with Crippen LogP contribution in [0.15, 0.2) is 13.2 Å². The Bertz CT molecular complexity index is 106. The van der Waals surface area contributed by atoms with Gasteiger partial charge >= 0.3 is 0 Å². The van der Waals surface area contributed by atoms with E-state index in [-0.39, 0.29) is 12.1 Å². The van der Waals surface area contributed by atoms with E-state index in [1.165, 1.54) is 0 Å². The lowest BCUT2D eigenvalue weighted by molar-refractivity contribution is -0.109. The van der Waals surface area contributed by atoms with Gasteiger partial charge in [-0.15, -0.1) is 13.2 Å². The number of nitrogens with one attached hydrogen (secondary N) is 1. The Balaban J connectivity index is 0.000000371. The summed E-state index contributed by atoms with van der Waals surface area (Å²) in [4.78, 5) is 9.98. The summed E-state index contributed by atoms with van der Waals surface area (Å²) in [7, 11) is 0. The average Bonchev–Trinajstić information content (AvgIpc) is 2.40. The Morgan fingerprint density at radius 2 is 2.20 bits per heavy atom. The molecule has 3 heteroatoms. The van der Waals surface area contributed by atoms with E-state index in [1.807, 2.05) is 0 Å². The average molecular weight is 143 g/mol. The zero-order valence-electron chi connectivity index (χ0n) is 5.92. The minimum atomic E-state index is -0.315. The Hall–Kier alpha value is -0.670. The molecule has 0 aromatic rings. The highest BCUT2D eigenvalue weighted by Gasteiger charge is 2.20. The molecule has 0 amide bonds. The van der Waals surface area contributed by atoms with Crippen LogP contribution in [-0.2, 0) is 4.79 Å². The molecule has 0 aliphatic carbocycles. The minimum absolute atomic E-state index is 0.106. The van der Waals surface area contributed by atoms with Crippen molar-refractivity contribution in [1.29, 1.82) is 0 Å². The van der Waals surface area contributed by atoms with Gasteiger partial charge in [0, 0.05) is 6.54 Å². The molecule has 1 fully saturated rings. The van der Waals surface area contributed by atoms with Crippen LogP contribution in [0.5, 0.6) is 0 Å². The Morgan fingerprint density at radius 1 is 1.60 bits per heavy atom. The molecule has 1 saturated heterocycles. The predicted molar refractivity (Wildman–Crippen MR) is 39.7 cm³/mol. The molecule has 0 aromatic carbocycles. The quantitative estimate of drug-likeness (QED) is 0.392. The Morgan fingerprint density at radius 3 is 2.40 bits per heavy atom. The van der Waals surface area contributed by atoms with Gasteiger partial charge in [-0.05, 0) is 6.42 Å². The van der Waals surface area contributed by atoms with Crippen molar-refractivity contribution in [2.75, 3.05) is 6.54 Å². The van der Waals surface area contributed by atoms with E-state index in [2.05, 4.69) is 18.5 Å². The summed E-state index contributed by atoms with van der Waals surface area (Å²) in [6, 6.07) is -0.106. The van der Waals surface area contributed by atoms with Gasteiger partial charge in [-0.3, -0.25) is 0 Å². The van der Waals surface area contributed by atoms with Gasteiger partial charge in [0.2, 0.25) is 0 Å². The highest BCUT2D eigenvalue weighted by atomic mass is 16.3. The smallest absolute Gasteiger partial charge is 0.136 e. The van der Waals surface area contributed by atoms with Crippen LogP contribution in [0.4, 0.5) is 0 Å². The van der Waals surface area contributed by atoms with Crippen LogP contribution in [0.25, 0.3) is 0 Å². The molecule has 0 saturated carbocycles. The molecule has 0 spiro atoms. The van der Waals surface area contributed by atoms with Gasteiger partial charge in [0.25, 0.3) is 0 Å². The van der Waals surface area contributed by atoms with Crippen LogP contribution >= 0.6 is 0 Å². The van der Waals surface area contributed by atoms with Crippen molar-refractivity contribution in [2.24, 2.45) is 0 Å². The van der Waals surface area contributed by atoms with E-state index in [1.54, 1.807) is 0 Å². The summed E-state index contributed by atoms with van der Waals surface area (Å²) in [6.07, 6.45) is 1.09. The molecule has 58 valence electrons. The maximum atomic E-state index is 9.98. The summed E-state index contributed by atoms with van der Waals surface area (Å²) < 4.78 is 0. The van der Waals surface area contributed by atoms with Gasteiger partial charge in [-0.25, -0.2) is 0 Å². The number of carbonyl (C=O) groups excluding carboxylic acids is 1. The summed E-state index contributed by atoms with van der Waals surface area (Å²) >= 11 is 0. The van der Waals surface area contributed by atoms with E-state index in [4.69, 9.17) is 5.11 Å². The first-order valence-electron chi connectivity index (χ1n) is 3.19. The molecule has 2 atom stereocenters. The number of hydrogen-bond acceptors (Lipinski definition) is 3. The van der Waals surface area contributed by atoms with Crippen LogP contribution in [-0.4, -0.2) is 30.1 Å². The van der Waals surface area contributed by atoms with Crippen molar-refractivity contribution in [2.45, 2.75) is 18.6 Å². The normalized spacial score (nSPS) is 30.5. The molecule has 10 heavy (non-hydrogen) atoms. The van der Waals surface area contributed by atoms with Gasteiger partial charge in [-0.2, -0.15) is 0 Å². The number of rotatable bonds is 1. The lowest BCUT2D eigenvalue weighted by Crippen LogP contribution is -2.22. The second-order valence-electron chi connectivity index (χ2n) is 2.04. The number of hydrogen-bond donors (Lipinski definition) is 2. The molecule has 0 aromatic heterocycles. The minimum Gasteiger partial charge on any atom is -0.392 e. The molecular formula is C7H13NO2. The number of aldehydes is 1.